The lowest BCUT2D eigenvalue weighted by Gasteiger charge is -2.60. The van der Waals surface area contributed by atoms with E-state index < -0.39 is 11.9 Å². The molecule has 0 aliphatic heterocycles. The molecule has 7 heteroatoms. The molecular formula is C19H22F3N3O. The maximum atomic E-state index is 12.9. The fourth-order valence-corrected chi connectivity index (χ4v) is 4.85. The van der Waals surface area contributed by atoms with E-state index in [1.54, 1.807) is 6.07 Å². The molecule has 3 aliphatic rings. The minimum absolute atomic E-state index is 0.116. The van der Waals surface area contributed by atoms with Crippen LogP contribution in [0.3, 0.4) is 0 Å². The van der Waals surface area contributed by atoms with Crippen molar-refractivity contribution in [3.05, 3.63) is 35.8 Å². The van der Waals surface area contributed by atoms with Gasteiger partial charge in [-0.3, -0.25) is 9.20 Å². The quantitative estimate of drug-likeness (QED) is 0.888. The second-order valence-corrected chi connectivity index (χ2v) is 8.17. The summed E-state index contributed by atoms with van der Waals surface area (Å²) < 4.78 is 39.9. The van der Waals surface area contributed by atoms with Crippen LogP contribution in [0.25, 0.3) is 5.65 Å². The first-order valence-corrected chi connectivity index (χ1v) is 9.01. The summed E-state index contributed by atoms with van der Waals surface area (Å²) in [6.07, 6.45) is -0.138. The summed E-state index contributed by atoms with van der Waals surface area (Å²) in [7, 11) is 0. The summed E-state index contributed by atoms with van der Waals surface area (Å²) in [5.41, 5.74) is -0.371. The molecule has 1 amide bonds. The molecule has 2 heterocycles. The Bertz CT molecular complexity index is 853. The molecule has 0 saturated heterocycles. The molecule has 0 radical (unpaired) electrons. The first-order chi connectivity index (χ1) is 12.2. The average Bonchev–Trinajstić information content (AvgIpc) is 3.04. The van der Waals surface area contributed by atoms with Crippen molar-refractivity contribution in [2.75, 3.05) is 6.54 Å². The molecule has 2 bridgehead atoms. The lowest BCUT2D eigenvalue weighted by Crippen LogP contribution is -2.54. The number of hydrogen-bond donors (Lipinski definition) is 1. The minimum atomic E-state index is -4.53. The molecule has 2 unspecified atom stereocenters. The highest BCUT2D eigenvalue weighted by molar-refractivity contribution is 5.93. The number of carbonyl (C=O) groups is 1. The third kappa shape index (κ3) is 2.68. The van der Waals surface area contributed by atoms with Gasteiger partial charge in [-0.15, -0.1) is 0 Å². The molecule has 3 aliphatic carbocycles. The molecule has 2 aromatic rings. The first-order valence-electron chi connectivity index (χ1n) is 9.01. The predicted molar refractivity (Wildman–Crippen MR) is 90.6 cm³/mol. The van der Waals surface area contributed by atoms with Gasteiger partial charge in [0.1, 0.15) is 11.3 Å². The number of alkyl halides is 3. The van der Waals surface area contributed by atoms with Gasteiger partial charge in [-0.25, -0.2) is 4.98 Å². The Hall–Kier alpha value is -2.05. The van der Waals surface area contributed by atoms with E-state index >= 15 is 0 Å². The van der Waals surface area contributed by atoms with Crippen molar-refractivity contribution in [2.24, 2.45) is 23.2 Å². The highest BCUT2D eigenvalue weighted by atomic mass is 19.4. The zero-order chi connectivity index (χ0) is 18.7. The smallest absolute Gasteiger partial charge is 0.350 e. The number of carbonyl (C=O) groups excluding carboxylic acids is 1. The summed E-state index contributed by atoms with van der Waals surface area (Å²) in [6, 6.07) is 4.54. The lowest BCUT2D eigenvalue weighted by molar-refractivity contribution is -0.140. The van der Waals surface area contributed by atoms with E-state index in [1.165, 1.54) is 29.4 Å². The van der Waals surface area contributed by atoms with Crippen molar-refractivity contribution in [1.29, 1.82) is 0 Å². The SMILES string of the molecule is CC1(C)C2CC[C@@H](CNC(=O)c3cccc4nc(C(F)(F)F)cn34)C1C2. The first kappa shape index (κ1) is 17.4. The summed E-state index contributed by atoms with van der Waals surface area (Å²) in [5.74, 6) is 1.48. The Kier molecular flexibility index (Phi) is 3.82. The van der Waals surface area contributed by atoms with Crippen molar-refractivity contribution in [3.63, 3.8) is 0 Å². The maximum Gasteiger partial charge on any atom is 0.434 e. The third-order valence-corrected chi connectivity index (χ3v) is 6.54. The lowest BCUT2D eigenvalue weighted by atomic mass is 9.45. The minimum Gasteiger partial charge on any atom is -0.350 e. The largest absolute Gasteiger partial charge is 0.434 e. The van der Waals surface area contributed by atoms with E-state index in [9.17, 15) is 18.0 Å². The van der Waals surface area contributed by atoms with E-state index in [0.717, 1.165) is 18.5 Å². The second-order valence-electron chi connectivity index (χ2n) is 8.17. The molecule has 3 atom stereocenters. The summed E-state index contributed by atoms with van der Waals surface area (Å²) >= 11 is 0. The predicted octanol–water partition coefficient (Wildman–Crippen LogP) is 4.16. The third-order valence-electron chi connectivity index (χ3n) is 6.54. The zero-order valence-corrected chi connectivity index (χ0v) is 14.8. The number of rotatable bonds is 3. The van der Waals surface area contributed by atoms with Gasteiger partial charge >= 0.3 is 6.18 Å². The molecule has 0 spiro atoms. The van der Waals surface area contributed by atoms with Crippen molar-refractivity contribution >= 4 is 11.6 Å². The molecule has 4 nitrogen and oxygen atoms in total. The van der Waals surface area contributed by atoms with Gasteiger partial charge in [0, 0.05) is 12.7 Å². The summed E-state index contributed by atoms with van der Waals surface area (Å²) in [4.78, 5) is 16.2. The molecule has 3 fully saturated rings. The van der Waals surface area contributed by atoms with Crippen LogP contribution in [0.5, 0.6) is 0 Å². The van der Waals surface area contributed by atoms with Gasteiger partial charge in [0.2, 0.25) is 0 Å². The van der Waals surface area contributed by atoms with Gasteiger partial charge < -0.3 is 5.32 Å². The van der Waals surface area contributed by atoms with E-state index in [0.29, 0.717) is 23.8 Å². The number of halogens is 3. The number of nitrogens with one attached hydrogen (secondary N) is 1. The normalized spacial score (nSPS) is 27.2. The molecule has 0 aromatic carbocycles. The molecule has 2 aromatic heterocycles. The molecule has 5 rings (SSSR count). The maximum absolute atomic E-state index is 12.9. The van der Waals surface area contributed by atoms with Crippen LogP contribution in [0.1, 0.15) is 49.3 Å². The molecule has 140 valence electrons. The van der Waals surface area contributed by atoms with Crippen LogP contribution < -0.4 is 5.32 Å². The summed E-state index contributed by atoms with van der Waals surface area (Å²) in [6.45, 7) is 5.16. The van der Waals surface area contributed by atoms with Crippen molar-refractivity contribution in [3.8, 4) is 0 Å². The van der Waals surface area contributed by atoms with Crippen LogP contribution >= 0.6 is 0 Å². The highest BCUT2D eigenvalue weighted by Gasteiger charge is 2.53. The van der Waals surface area contributed by atoms with E-state index in [1.807, 2.05) is 0 Å². The number of pyridine rings is 1. The standard InChI is InChI=1S/C19H22F3N3O/c1-18(2)12-7-6-11(13(18)8-12)9-23-17(26)14-4-3-5-16-24-15(10-25(14)16)19(20,21)22/h3-5,10-13H,6-9H2,1-2H3,(H,23,26)/t11-,12?,13?/m0/s1. The average molecular weight is 365 g/mol. The topological polar surface area (TPSA) is 46.4 Å². The van der Waals surface area contributed by atoms with E-state index in [2.05, 4.69) is 24.1 Å². The number of fused-ring (bicyclic) bond motifs is 3. The van der Waals surface area contributed by atoms with Gasteiger partial charge in [-0.1, -0.05) is 19.9 Å². The Morgan fingerprint density at radius 1 is 1.35 bits per heavy atom. The van der Waals surface area contributed by atoms with Crippen LogP contribution in [0, 0.1) is 23.2 Å². The van der Waals surface area contributed by atoms with E-state index in [-0.39, 0.29) is 17.2 Å². The highest BCUT2D eigenvalue weighted by Crippen LogP contribution is 2.61. The zero-order valence-electron chi connectivity index (χ0n) is 14.8. The number of aromatic nitrogens is 2. The Balaban J connectivity index is 1.51. The number of hydrogen-bond acceptors (Lipinski definition) is 2. The Labute approximate surface area is 149 Å². The number of nitrogens with zero attached hydrogens (tertiary/aromatic N) is 2. The van der Waals surface area contributed by atoms with E-state index in [4.69, 9.17) is 0 Å². The Morgan fingerprint density at radius 2 is 2.12 bits per heavy atom. The van der Waals surface area contributed by atoms with Crippen LogP contribution in [-0.4, -0.2) is 21.8 Å². The summed E-state index contributed by atoms with van der Waals surface area (Å²) in [5, 5.41) is 2.93. The second kappa shape index (κ2) is 5.72. The van der Waals surface area contributed by atoms with Crippen LogP contribution in [0.15, 0.2) is 24.4 Å². The van der Waals surface area contributed by atoms with Crippen LogP contribution in [-0.2, 0) is 6.18 Å². The molecule has 3 saturated carbocycles. The van der Waals surface area contributed by atoms with Crippen LogP contribution in [0.2, 0.25) is 0 Å². The van der Waals surface area contributed by atoms with Crippen molar-refractivity contribution in [2.45, 2.75) is 39.3 Å². The van der Waals surface area contributed by atoms with Gasteiger partial charge in [-0.05, 0) is 54.6 Å². The van der Waals surface area contributed by atoms with Crippen molar-refractivity contribution < 1.29 is 18.0 Å². The van der Waals surface area contributed by atoms with Gasteiger partial charge in [0.25, 0.3) is 5.91 Å². The van der Waals surface area contributed by atoms with Gasteiger partial charge in [0.05, 0.1) is 0 Å². The molecule has 1 N–H and O–H groups in total. The monoisotopic (exact) mass is 365 g/mol. The molecule has 26 heavy (non-hydrogen) atoms. The molecular weight excluding hydrogens is 343 g/mol. The van der Waals surface area contributed by atoms with Gasteiger partial charge in [-0.2, -0.15) is 13.2 Å². The fraction of sp³-hybridized carbons (Fsp3) is 0.579. The number of amides is 1. The fourth-order valence-electron chi connectivity index (χ4n) is 4.85. The van der Waals surface area contributed by atoms with Crippen LogP contribution in [0.4, 0.5) is 13.2 Å². The van der Waals surface area contributed by atoms with Gasteiger partial charge in [0.15, 0.2) is 5.69 Å². The number of imidazole rings is 1. The van der Waals surface area contributed by atoms with Crippen molar-refractivity contribution in [1.82, 2.24) is 14.7 Å². The Morgan fingerprint density at radius 3 is 2.77 bits per heavy atom.